The van der Waals surface area contributed by atoms with Crippen LogP contribution in [0.2, 0.25) is 0 Å². The molecule has 0 saturated heterocycles. The molecule has 0 spiro atoms. The Bertz CT molecular complexity index is 927. The molecule has 0 unspecified atom stereocenters. The molecule has 148 valence electrons. The third-order valence-corrected chi connectivity index (χ3v) is 5.11. The van der Waals surface area contributed by atoms with E-state index in [4.69, 9.17) is 4.74 Å². The fourth-order valence-electron chi connectivity index (χ4n) is 3.21. The van der Waals surface area contributed by atoms with E-state index in [1.54, 1.807) is 32.9 Å². The number of ether oxygens (including phenoxy) is 1. The van der Waals surface area contributed by atoms with E-state index in [1.807, 2.05) is 18.2 Å². The summed E-state index contributed by atoms with van der Waals surface area (Å²) in [5, 5.41) is 4.25. The first-order valence-electron chi connectivity index (χ1n) is 9.23. The maximum atomic E-state index is 12.9. The van der Waals surface area contributed by atoms with Gasteiger partial charge in [-0.05, 0) is 57.2 Å². The minimum atomic E-state index is -0.542. The first kappa shape index (κ1) is 20.3. The van der Waals surface area contributed by atoms with Crippen molar-refractivity contribution in [1.29, 1.82) is 0 Å². The second-order valence-electron chi connectivity index (χ2n) is 7.72. The van der Waals surface area contributed by atoms with E-state index < -0.39 is 11.7 Å². The molecule has 0 fully saturated rings. The number of nitrogens with zero attached hydrogens (tertiary/aromatic N) is 1. The van der Waals surface area contributed by atoms with Gasteiger partial charge in [0.05, 0.1) is 0 Å². The number of hydrogen-bond acceptors (Lipinski definition) is 4. The van der Waals surface area contributed by atoms with Gasteiger partial charge in [-0.1, -0.05) is 28.1 Å². The van der Waals surface area contributed by atoms with Gasteiger partial charge >= 0.3 is 6.09 Å². The van der Waals surface area contributed by atoms with Gasteiger partial charge in [-0.15, -0.1) is 0 Å². The fourth-order valence-corrected chi connectivity index (χ4v) is 3.68. The zero-order valence-electron chi connectivity index (χ0n) is 16.2. The van der Waals surface area contributed by atoms with Crippen LogP contribution in [0.15, 0.2) is 34.8 Å². The van der Waals surface area contributed by atoms with Gasteiger partial charge in [-0.2, -0.15) is 0 Å². The standard InChI is InChI=1S/C21H23BrN2O4/c1-21(2,3)28-20(27)23-11-4-5-12-24-18(25)14-8-6-7-13-16(22)10-9-15(17(13)14)19(24)26/h6-10H,4-5,11-12H2,1-3H3,(H,23,27). The third-order valence-electron chi connectivity index (χ3n) is 4.42. The number of carbonyl (C=O) groups excluding carboxylic acids is 3. The molecular formula is C21H23BrN2O4. The number of carbonyl (C=O) groups is 3. The molecule has 0 radical (unpaired) electrons. The molecule has 28 heavy (non-hydrogen) atoms. The quantitative estimate of drug-likeness (QED) is 0.541. The van der Waals surface area contributed by atoms with E-state index in [2.05, 4.69) is 21.2 Å². The van der Waals surface area contributed by atoms with Crippen molar-refractivity contribution in [3.63, 3.8) is 0 Å². The highest BCUT2D eigenvalue weighted by atomic mass is 79.9. The highest BCUT2D eigenvalue weighted by Crippen LogP contribution is 2.34. The van der Waals surface area contributed by atoms with Crippen LogP contribution in [-0.4, -0.2) is 41.5 Å². The fraction of sp³-hybridized carbons (Fsp3) is 0.381. The van der Waals surface area contributed by atoms with E-state index >= 15 is 0 Å². The van der Waals surface area contributed by atoms with Gasteiger partial charge in [0.25, 0.3) is 11.8 Å². The van der Waals surface area contributed by atoms with E-state index in [9.17, 15) is 14.4 Å². The molecule has 0 atom stereocenters. The summed E-state index contributed by atoms with van der Waals surface area (Å²) in [6.45, 7) is 6.13. The Hall–Kier alpha value is -2.41. The van der Waals surface area contributed by atoms with E-state index in [0.29, 0.717) is 42.4 Å². The average molecular weight is 447 g/mol. The number of halogens is 1. The highest BCUT2D eigenvalue weighted by molar-refractivity contribution is 9.10. The number of imide groups is 1. The first-order valence-corrected chi connectivity index (χ1v) is 10.0. The Balaban J connectivity index is 1.62. The molecule has 0 aliphatic carbocycles. The molecule has 2 aromatic carbocycles. The Morgan fingerprint density at radius 1 is 1.07 bits per heavy atom. The topological polar surface area (TPSA) is 75.7 Å². The van der Waals surface area contributed by atoms with Crippen LogP contribution in [-0.2, 0) is 4.74 Å². The molecule has 3 amide bonds. The summed E-state index contributed by atoms with van der Waals surface area (Å²) in [4.78, 5) is 38.6. The van der Waals surface area contributed by atoms with Crippen molar-refractivity contribution >= 4 is 44.6 Å². The van der Waals surface area contributed by atoms with Gasteiger partial charge in [0.15, 0.2) is 0 Å². The highest BCUT2D eigenvalue weighted by Gasteiger charge is 2.32. The van der Waals surface area contributed by atoms with Crippen molar-refractivity contribution in [1.82, 2.24) is 10.2 Å². The zero-order chi connectivity index (χ0) is 20.5. The maximum absolute atomic E-state index is 12.9. The second kappa shape index (κ2) is 7.91. The largest absolute Gasteiger partial charge is 0.444 e. The molecule has 1 aliphatic heterocycles. The summed E-state index contributed by atoms with van der Waals surface area (Å²) < 4.78 is 6.03. The van der Waals surface area contributed by atoms with Gasteiger partial charge in [-0.3, -0.25) is 14.5 Å². The molecule has 1 aliphatic rings. The number of benzene rings is 2. The van der Waals surface area contributed by atoms with Crippen LogP contribution < -0.4 is 5.32 Å². The predicted molar refractivity (Wildman–Crippen MR) is 110 cm³/mol. The summed E-state index contributed by atoms with van der Waals surface area (Å²) in [5.74, 6) is -0.553. The molecule has 0 aromatic heterocycles. The number of hydrogen-bond donors (Lipinski definition) is 1. The normalized spacial score (nSPS) is 13.8. The van der Waals surface area contributed by atoms with Crippen molar-refractivity contribution in [3.05, 3.63) is 45.9 Å². The minimum Gasteiger partial charge on any atom is -0.444 e. The van der Waals surface area contributed by atoms with Crippen LogP contribution in [0.4, 0.5) is 4.79 Å². The Kier molecular flexibility index (Phi) is 5.74. The van der Waals surface area contributed by atoms with Crippen LogP contribution in [0.3, 0.4) is 0 Å². The van der Waals surface area contributed by atoms with Crippen LogP contribution in [0, 0.1) is 0 Å². The first-order chi connectivity index (χ1) is 13.2. The monoisotopic (exact) mass is 446 g/mol. The average Bonchev–Trinajstić information content (AvgIpc) is 2.61. The lowest BCUT2D eigenvalue weighted by Crippen LogP contribution is -2.41. The lowest BCUT2D eigenvalue weighted by atomic mass is 9.94. The van der Waals surface area contributed by atoms with Crippen molar-refractivity contribution in [2.75, 3.05) is 13.1 Å². The molecule has 7 heteroatoms. The van der Waals surface area contributed by atoms with Crippen molar-refractivity contribution in [2.24, 2.45) is 0 Å². The number of nitrogens with one attached hydrogen (secondary N) is 1. The van der Waals surface area contributed by atoms with Crippen LogP contribution in [0.5, 0.6) is 0 Å². The van der Waals surface area contributed by atoms with Gasteiger partial charge in [-0.25, -0.2) is 4.79 Å². The smallest absolute Gasteiger partial charge is 0.407 e. The van der Waals surface area contributed by atoms with Crippen LogP contribution in [0.1, 0.15) is 54.3 Å². The number of amides is 3. The predicted octanol–water partition coefficient (Wildman–Crippen LogP) is 4.50. The van der Waals surface area contributed by atoms with Gasteiger partial charge in [0.1, 0.15) is 5.60 Å². The second-order valence-corrected chi connectivity index (χ2v) is 8.58. The Labute approximate surface area is 172 Å². The molecule has 0 saturated carbocycles. The van der Waals surface area contributed by atoms with Crippen LogP contribution >= 0.6 is 15.9 Å². The third kappa shape index (κ3) is 4.19. The molecule has 2 aromatic rings. The Morgan fingerprint density at radius 2 is 1.75 bits per heavy atom. The van der Waals surface area contributed by atoms with Crippen molar-refractivity contribution in [3.8, 4) is 0 Å². The summed E-state index contributed by atoms with van der Waals surface area (Å²) in [5.41, 5.74) is 0.542. The number of alkyl carbamates (subject to hydrolysis) is 1. The van der Waals surface area contributed by atoms with E-state index in [0.717, 1.165) is 9.86 Å². The molecule has 3 rings (SSSR count). The van der Waals surface area contributed by atoms with Gasteiger partial charge < -0.3 is 10.1 Å². The molecular weight excluding hydrogens is 424 g/mol. The maximum Gasteiger partial charge on any atom is 0.407 e. The van der Waals surface area contributed by atoms with Crippen LogP contribution in [0.25, 0.3) is 10.8 Å². The van der Waals surface area contributed by atoms with E-state index in [-0.39, 0.29) is 11.8 Å². The minimum absolute atomic E-state index is 0.277. The van der Waals surface area contributed by atoms with E-state index in [1.165, 1.54) is 4.90 Å². The summed E-state index contributed by atoms with van der Waals surface area (Å²) >= 11 is 3.48. The van der Waals surface area contributed by atoms with Gasteiger partial charge in [0.2, 0.25) is 0 Å². The summed E-state index contributed by atoms with van der Waals surface area (Å²) in [6, 6.07) is 9.05. The molecule has 0 bridgehead atoms. The van der Waals surface area contributed by atoms with Gasteiger partial charge in [0, 0.05) is 34.1 Å². The molecule has 6 nitrogen and oxygen atoms in total. The molecule has 1 N–H and O–H groups in total. The lowest BCUT2D eigenvalue weighted by Gasteiger charge is -2.27. The SMILES string of the molecule is CC(C)(C)OC(=O)NCCCCN1C(=O)c2cccc3c(Br)ccc(c23)C1=O. The summed E-state index contributed by atoms with van der Waals surface area (Å²) in [7, 11) is 0. The zero-order valence-corrected chi connectivity index (χ0v) is 17.8. The Morgan fingerprint density at radius 3 is 2.43 bits per heavy atom. The number of unbranched alkanes of at least 4 members (excludes halogenated alkanes) is 1. The molecule has 1 heterocycles. The van der Waals surface area contributed by atoms with Crippen molar-refractivity contribution in [2.45, 2.75) is 39.2 Å². The summed E-state index contributed by atoms with van der Waals surface area (Å²) in [6.07, 6.45) is 0.756. The lowest BCUT2D eigenvalue weighted by molar-refractivity contribution is 0.0519. The van der Waals surface area contributed by atoms with Crippen molar-refractivity contribution < 1.29 is 19.1 Å². The number of rotatable bonds is 5.